The summed E-state index contributed by atoms with van der Waals surface area (Å²) in [5.41, 5.74) is 0. The minimum atomic E-state index is 0.517. The third-order valence-electron chi connectivity index (χ3n) is 3.51. The van der Waals surface area contributed by atoms with E-state index in [4.69, 9.17) is 10.00 Å². The number of ether oxygens (including phenoxy) is 1. The maximum atomic E-state index is 8.88. The van der Waals surface area contributed by atoms with Crippen LogP contribution in [0, 0.1) is 11.3 Å². The molecule has 0 amide bonds. The summed E-state index contributed by atoms with van der Waals surface area (Å²) in [6, 6.07) is 12.7. The molecule has 1 saturated carbocycles. The molecule has 3 heteroatoms. The van der Waals surface area contributed by atoms with Gasteiger partial charge in [-0.1, -0.05) is 31.0 Å². The second-order valence-corrected chi connectivity index (χ2v) is 4.73. The number of para-hydroxylation sites is 1. The Morgan fingerprint density at radius 3 is 2.61 bits per heavy atom. The van der Waals surface area contributed by atoms with Gasteiger partial charge in [0.2, 0.25) is 0 Å². The zero-order valence-corrected chi connectivity index (χ0v) is 10.7. The first-order valence-electron chi connectivity index (χ1n) is 6.69. The molecule has 0 bridgehead atoms. The number of nitrogens with zero attached hydrogens (tertiary/aromatic N) is 2. The molecule has 2 rings (SSSR count). The van der Waals surface area contributed by atoms with Crippen molar-refractivity contribution in [2.45, 2.75) is 31.7 Å². The average Bonchev–Trinajstić information content (AvgIpc) is 2.93. The second kappa shape index (κ2) is 7.03. The van der Waals surface area contributed by atoms with E-state index in [0.717, 1.165) is 12.3 Å². The maximum absolute atomic E-state index is 8.88. The number of nitriles is 1. The van der Waals surface area contributed by atoms with Crippen LogP contribution in [0.25, 0.3) is 0 Å². The van der Waals surface area contributed by atoms with Crippen molar-refractivity contribution in [2.75, 3.05) is 19.7 Å². The van der Waals surface area contributed by atoms with Crippen LogP contribution in [0.5, 0.6) is 5.75 Å². The largest absolute Gasteiger partial charge is 0.492 e. The van der Waals surface area contributed by atoms with Crippen LogP contribution in [0.15, 0.2) is 30.3 Å². The van der Waals surface area contributed by atoms with Gasteiger partial charge in [0, 0.05) is 12.6 Å². The monoisotopic (exact) mass is 244 g/mol. The molecule has 0 atom stereocenters. The zero-order chi connectivity index (χ0) is 12.6. The summed E-state index contributed by atoms with van der Waals surface area (Å²) in [5, 5.41) is 8.88. The molecular weight excluding hydrogens is 224 g/mol. The van der Waals surface area contributed by atoms with Crippen LogP contribution in [0.1, 0.15) is 25.7 Å². The van der Waals surface area contributed by atoms with E-state index in [-0.39, 0.29) is 0 Å². The lowest BCUT2D eigenvalue weighted by Gasteiger charge is -2.25. The summed E-state index contributed by atoms with van der Waals surface area (Å²) in [4.78, 5) is 2.26. The van der Waals surface area contributed by atoms with Crippen molar-refractivity contribution in [2.24, 2.45) is 0 Å². The van der Waals surface area contributed by atoms with E-state index in [1.165, 1.54) is 25.7 Å². The van der Waals surface area contributed by atoms with Crippen LogP contribution in [0.2, 0.25) is 0 Å². The highest BCUT2D eigenvalue weighted by atomic mass is 16.5. The van der Waals surface area contributed by atoms with Crippen LogP contribution in [0.4, 0.5) is 0 Å². The van der Waals surface area contributed by atoms with Gasteiger partial charge in [0.25, 0.3) is 0 Å². The Labute approximate surface area is 109 Å². The molecule has 0 spiro atoms. The smallest absolute Gasteiger partial charge is 0.119 e. The summed E-state index contributed by atoms with van der Waals surface area (Å²) >= 11 is 0. The molecule has 1 fully saturated rings. The lowest BCUT2D eigenvalue weighted by Crippen LogP contribution is -2.36. The molecule has 18 heavy (non-hydrogen) atoms. The van der Waals surface area contributed by atoms with Gasteiger partial charge in [-0.05, 0) is 25.0 Å². The quantitative estimate of drug-likeness (QED) is 0.722. The van der Waals surface area contributed by atoms with Gasteiger partial charge in [0.05, 0.1) is 12.6 Å². The van der Waals surface area contributed by atoms with Gasteiger partial charge in [-0.2, -0.15) is 5.26 Å². The zero-order valence-electron chi connectivity index (χ0n) is 10.7. The molecule has 96 valence electrons. The summed E-state index contributed by atoms with van der Waals surface area (Å²) in [6.07, 6.45) is 5.05. The fourth-order valence-electron chi connectivity index (χ4n) is 2.55. The van der Waals surface area contributed by atoms with Crippen molar-refractivity contribution in [3.63, 3.8) is 0 Å². The normalized spacial score (nSPS) is 15.8. The molecular formula is C15H20N2O. The van der Waals surface area contributed by atoms with Gasteiger partial charge in [-0.3, -0.25) is 4.90 Å². The van der Waals surface area contributed by atoms with Crippen molar-refractivity contribution in [1.29, 1.82) is 5.26 Å². The van der Waals surface area contributed by atoms with E-state index in [2.05, 4.69) is 11.0 Å². The molecule has 1 aliphatic rings. The molecule has 1 aromatic rings. The molecule has 0 aromatic heterocycles. The average molecular weight is 244 g/mol. The van der Waals surface area contributed by atoms with Crippen molar-refractivity contribution in [3.05, 3.63) is 30.3 Å². The lowest BCUT2D eigenvalue weighted by molar-refractivity contribution is 0.177. The first kappa shape index (κ1) is 12.9. The summed E-state index contributed by atoms with van der Waals surface area (Å²) in [7, 11) is 0. The first-order chi connectivity index (χ1) is 8.90. The second-order valence-electron chi connectivity index (χ2n) is 4.73. The van der Waals surface area contributed by atoms with Crippen molar-refractivity contribution in [3.8, 4) is 11.8 Å². The Morgan fingerprint density at radius 2 is 1.94 bits per heavy atom. The SMILES string of the molecule is N#CCN(CCOc1ccccc1)C1CCCC1. The van der Waals surface area contributed by atoms with Gasteiger partial charge >= 0.3 is 0 Å². The standard InChI is InChI=1S/C15H20N2O/c16-10-11-17(14-6-4-5-7-14)12-13-18-15-8-2-1-3-9-15/h1-3,8-9,14H,4-7,11-13H2. The Kier molecular flexibility index (Phi) is 5.04. The van der Waals surface area contributed by atoms with Crippen molar-refractivity contribution >= 4 is 0 Å². The molecule has 3 nitrogen and oxygen atoms in total. The number of rotatable bonds is 6. The van der Waals surface area contributed by atoms with Crippen LogP contribution in [-0.4, -0.2) is 30.6 Å². The van der Waals surface area contributed by atoms with Crippen molar-refractivity contribution < 1.29 is 4.74 Å². The summed E-state index contributed by atoms with van der Waals surface area (Å²) in [6.45, 7) is 2.01. The first-order valence-corrected chi connectivity index (χ1v) is 6.69. The van der Waals surface area contributed by atoms with E-state index in [1.807, 2.05) is 30.3 Å². The Hall–Kier alpha value is -1.53. The molecule has 1 aliphatic carbocycles. The van der Waals surface area contributed by atoms with E-state index in [0.29, 0.717) is 19.2 Å². The van der Waals surface area contributed by atoms with Gasteiger partial charge in [-0.25, -0.2) is 0 Å². The van der Waals surface area contributed by atoms with Gasteiger partial charge in [0.1, 0.15) is 12.4 Å². The van der Waals surface area contributed by atoms with Gasteiger partial charge in [-0.15, -0.1) is 0 Å². The minimum Gasteiger partial charge on any atom is -0.492 e. The minimum absolute atomic E-state index is 0.517. The molecule has 1 aromatic carbocycles. The molecule has 0 saturated heterocycles. The molecule has 0 N–H and O–H groups in total. The third kappa shape index (κ3) is 3.75. The molecule has 0 heterocycles. The van der Waals surface area contributed by atoms with Gasteiger partial charge in [0.15, 0.2) is 0 Å². The molecule has 0 aliphatic heterocycles. The fraction of sp³-hybridized carbons (Fsp3) is 0.533. The lowest BCUT2D eigenvalue weighted by atomic mass is 10.2. The highest BCUT2D eigenvalue weighted by Gasteiger charge is 2.21. The predicted molar refractivity (Wildman–Crippen MR) is 71.4 cm³/mol. The Balaban J connectivity index is 1.77. The fourth-order valence-corrected chi connectivity index (χ4v) is 2.55. The maximum Gasteiger partial charge on any atom is 0.119 e. The van der Waals surface area contributed by atoms with Crippen molar-refractivity contribution in [1.82, 2.24) is 4.90 Å². The summed E-state index contributed by atoms with van der Waals surface area (Å²) in [5.74, 6) is 0.904. The highest BCUT2D eigenvalue weighted by molar-refractivity contribution is 5.20. The van der Waals surface area contributed by atoms with E-state index in [1.54, 1.807) is 0 Å². The number of hydrogen-bond acceptors (Lipinski definition) is 3. The third-order valence-corrected chi connectivity index (χ3v) is 3.51. The topological polar surface area (TPSA) is 36.3 Å². The molecule has 0 unspecified atom stereocenters. The van der Waals surface area contributed by atoms with Crippen LogP contribution < -0.4 is 4.74 Å². The van der Waals surface area contributed by atoms with Gasteiger partial charge < -0.3 is 4.74 Å². The van der Waals surface area contributed by atoms with E-state index >= 15 is 0 Å². The number of hydrogen-bond donors (Lipinski definition) is 0. The highest BCUT2D eigenvalue weighted by Crippen LogP contribution is 2.23. The Bertz CT molecular complexity index is 379. The van der Waals surface area contributed by atoms with Crippen LogP contribution >= 0.6 is 0 Å². The van der Waals surface area contributed by atoms with Crippen LogP contribution in [0.3, 0.4) is 0 Å². The summed E-state index contributed by atoms with van der Waals surface area (Å²) < 4.78 is 5.69. The predicted octanol–water partition coefficient (Wildman–Crippen LogP) is 2.83. The molecule has 0 radical (unpaired) electrons. The number of benzene rings is 1. The van der Waals surface area contributed by atoms with E-state index < -0.39 is 0 Å². The Morgan fingerprint density at radius 1 is 1.22 bits per heavy atom. The van der Waals surface area contributed by atoms with Crippen LogP contribution in [-0.2, 0) is 0 Å². The van der Waals surface area contributed by atoms with E-state index in [9.17, 15) is 0 Å².